The summed E-state index contributed by atoms with van der Waals surface area (Å²) in [4.78, 5) is 0. The van der Waals surface area contributed by atoms with Crippen LogP contribution in [0.4, 0.5) is 0 Å². The van der Waals surface area contributed by atoms with Crippen LogP contribution in [0.2, 0.25) is 0 Å². The van der Waals surface area contributed by atoms with Crippen molar-refractivity contribution in [3.05, 3.63) is 0 Å². The van der Waals surface area contributed by atoms with Gasteiger partial charge >= 0.3 is 0 Å². The summed E-state index contributed by atoms with van der Waals surface area (Å²) in [5, 5.41) is 3.57. The van der Waals surface area contributed by atoms with Crippen molar-refractivity contribution in [3.8, 4) is 0 Å². The largest absolute Gasteiger partial charge is 0.371 e. The Hall–Kier alpha value is -0.0800. The fraction of sp³-hybridized carbons (Fsp3) is 1.00. The Kier molecular flexibility index (Phi) is 5.07. The Bertz CT molecular complexity index is 174. The average molecular weight is 213 g/mol. The molecule has 1 N–H and O–H groups in total. The first-order valence-electron chi connectivity index (χ1n) is 6.44. The summed E-state index contributed by atoms with van der Waals surface area (Å²) in [5.41, 5.74) is -0.0112. The SMILES string of the molecule is CCNC1CCCCCC1OC(C)(C)C. The topological polar surface area (TPSA) is 21.3 Å². The molecule has 1 aliphatic rings. The summed E-state index contributed by atoms with van der Waals surface area (Å²) >= 11 is 0. The van der Waals surface area contributed by atoms with Gasteiger partial charge < -0.3 is 10.1 Å². The van der Waals surface area contributed by atoms with Gasteiger partial charge in [-0.25, -0.2) is 0 Å². The van der Waals surface area contributed by atoms with E-state index in [4.69, 9.17) is 4.74 Å². The number of rotatable bonds is 3. The lowest BCUT2D eigenvalue weighted by molar-refractivity contribution is -0.0771. The van der Waals surface area contributed by atoms with Crippen molar-refractivity contribution in [2.75, 3.05) is 6.54 Å². The predicted molar refractivity (Wildman–Crippen MR) is 65.2 cm³/mol. The fourth-order valence-corrected chi connectivity index (χ4v) is 2.36. The Morgan fingerprint density at radius 3 is 2.40 bits per heavy atom. The summed E-state index contributed by atoms with van der Waals surface area (Å²) in [6.45, 7) is 9.69. The van der Waals surface area contributed by atoms with Gasteiger partial charge in [-0.2, -0.15) is 0 Å². The van der Waals surface area contributed by atoms with Crippen LogP contribution >= 0.6 is 0 Å². The second-order valence-corrected chi connectivity index (χ2v) is 5.57. The molecule has 0 bridgehead atoms. The second kappa shape index (κ2) is 5.86. The highest BCUT2D eigenvalue weighted by Gasteiger charge is 2.27. The van der Waals surface area contributed by atoms with Crippen LogP contribution in [0, 0.1) is 0 Å². The molecule has 0 radical (unpaired) electrons. The van der Waals surface area contributed by atoms with E-state index in [2.05, 4.69) is 33.0 Å². The van der Waals surface area contributed by atoms with Gasteiger partial charge in [-0.1, -0.05) is 26.2 Å². The Morgan fingerprint density at radius 1 is 1.13 bits per heavy atom. The maximum absolute atomic E-state index is 6.16. The van der Waals surface area contributed by atoms with Crippen molar-refractivity contribution < 1.29 is 4.74 Å². The molecule has 15 heavy (non-hydrogen) atoms. The van der Waals surface area contributed by atoms with E-state index < -0.39 is 0 Å². The first-order chi connectivity index (χ1) is 7.03. The molecule has 1 fully saturated rings. The molecule has 1 aliphatic carbocycles. The van der Waals surface area contributed by atoms with Crippen molar-refractivity contribution in [1.82, 2.24) is 5.32 Å². The molecule has 2 atom stereocenters. The van der Waals surface area contributed by atoms with Crippen LogP contribution < -0.4 is 5.32 Å². The third kappa shape index (κ3) is 4.98. The zero-order chi connectivity index (χ0) is 11.3. The molecule has 2 unspecified atom stereocenters. The molecule has 0 heterocycles. The lowest BCUT2D eigenvalue weighted by atomic mass is 10.0. The third-order valence-corrected chi connectivity index (χ3v) is 2.92. The minimum absolute atomic E-state index is 0.0112. The Balaban J connectivity index is 2.53. The molecular formula is C13H27NO. The van der Waals surface area contributed by atoms with Gasteiger partial charge in [-0.3, -0.25) is 0 Å². The summed E-state index contributed by atoms with van der Waals surface area (Å²) < 4.78 is 6.16. The molecule has 0 aromatic rings. The molecular weight excluding hydrogens is 186 g/mol. The van der Waals surface area contributed by atoms with Gasteiger partial charge in [0.2, 0.25) is 0 Å². The van der Waals surface area contributed by atoms with Gasteiger partial charge in [0.25, 0.3) is 0 Å². The number of nitrogens with one attached hydrogen (secondary N) is 1. The molecule has 0 amide bonds. The van der Waals surface area contributed by atoms with E-state index in [0.717, 1.165) is 6.54 Å². The third-order valence-electron chi connectivity index (χ3n) is 2.92. The second-order valence-electron chi connectivity index (χ2n) is 5.57. The number of hydrogen-bond acceptors (Lipinski definition) is 2. The normalized spacial score (nSPS) is 28.8. The fourth-order valence-electron chi connectivity index (χ4n) is 2.36. The monoisotopic (exact) mass is 213 g/mol. The molecule has 1 rings (SSSR count). The lowest BCUT2D eigenvalue weighted by Gasteiger charge is -2.32. The smallest absolute Gasteiger partial charge is 0.0735 e. The highest BCUT2D eigenvalue weighted by molar-refractivity contribution is 4.82. The maximum Gasteiger partial charge on any atom is 0.0735 e. The van der Waals surface area contributed by atoms with E-state index in [9.17, 15) is 0 Å². The quantitative estimate of drug-likeness (QED) is 0.727. The van der Waals surface area contributed by atoms with Crippen LogP contribution in [0.3, 0.4) is 0 Å². The highest BCUT2D eigenvalue weighted by Crippen LogP contribution is 2.24. The van der Waals surface area contributed by atoms with Crippen LogP contribution in [0.25, 0.3) is 0 Å². The van der Waals surface area contributed by atoms with Crippen molar-refractivity contribution in [3.63, 3.8) is 0 Å². The van der Waals surface area contributed by atoms with Crippen LogP contribution in [0.15, 0.2) is 0 Å². The first kappa shape index (κ1) is 13.0. The molecule has 0 aliphatic heterocycles. The van der Waals surface area contributed by atoms with E-state index in [1.807, 2.05) is 0 Å². The molecule has 2 heteroatoms. The molecule has 90 valence electrons. The zero-order valence-electron chi connectivity index (χ0n) is 10.8. The van der Waals surface area contributed by atoms with Crippen LogP contribution in [-0.4, -0.2) is 24.3 Å². The van der Waals surface area contributed by atoms with E-state index in [0.29, 0.717) is 12.1 Å². The van der Waals surface area contributed by atoms with Gasteiger partial charge in [0.1, 0.15) is 0 Å². The molecule has 0 spiro atoms. The number of hydrogen-bond donors (Lipinski definition) is 1. The van der Waals surface area contributed by atoms with Crippen molar-refractivity contribution in [1.29, 1.82) is 0 Å². The molecule has 1 saturated carbocycles. The van der Waals surface area contributed by atoms with E-state index in [1.165, 1.54) is 32.1 Å². The summed E-state index contributed by atoms with van der Waals surface area (Å²) in [5.74, 6) is 0. The standard InChI is InChI=1S/C13H27NO/c1-5-14-11-9-7-6-8-10-12(11)15-13(2,3)4/h11-12,14H,5-10H2,1-4H3. The van der Waals surface area contributed by atoms with Gasteiger partial charge in [-0.15, -0.1) is 0 Å². The zero-order valence-corrected chi connectivity index (χ0v) is 10.8. The van der Waals surface area contributed by atoms with E-state index in [-0.39, 0.29) is 5.60 Å². The number of ether oxygens (including phenoxy) is 1. The highest BCUT2D eigenvalue weighted by atomic mass is 16.5. The first-order valence-corrected chi connectivity index (χ1v) is 6.44. The van der Waals surface area contributed by atoms with Crippen molar-refractivity contribution in [2.45, 2.75) is 77.5 Å². The summed E-state index contributed by atoms with van der Waals surface area (Å²) in [6, 6.07) is 0.566. The van der Waals surface area contributed by atoms with E-state index in [1.54, 1.807) is 0 Å². The van der Waals surface area contributed by atoms with Gasteiger partial charge in [-0.05, 0) is 40.2 Å². The summed E-state index contributed by atoms with van der Waals surface area (Å²) in [6.07, 6.45) is 6.94. The minimum Gasteiger partial charge on any atom is -0.371 e. The van der Waals surface area contributed by atoms with Crippen molar-refractivity contribution in [2.24, 2.45) is 0 Å². The summed E-state index contributed by atoms with van der Waals surface area (Å²) in [7, 11) is 0. The molecule has 0 saturated heterocycles. The maximum atomic E-state index is 6.16. The lowest BCUT2D eigenvalue weighted by Crippen LogP contribution is -2.43. The Morgan fingerprint density at radius 2 is 1.80 bits per heavy atom. The molecule has 0 aromatic carbocycles. The number of likely N-dealkylation sites (N-methyl/N-ethyl adjacent to an activating group) is 1. The molecule has 0 aromatic heterocycles. The Labute approximate surface area is 94.8 Å². The van der Waals surface area contributed by atoms with E-state index >= 15 is 0 Å². The van der Waals surface area contributed by atoms with Gasteiger partial charge in [0.05, 0.1) is 11.7 Å². The average Bonchev–Trinajstić information content (AvgIpc) is 2.30. The molecule has 2 nitrogen and oxygen atoms in total. The van der Waals surface area contributed by atoms with Crippen LogP contribution in [-0.2, 0) is 4.74 Å². The van der Waals surface area contributed by atoms with Gasteiger partial charge in [0, 0.05) is 6.04 Å². The van der Waals surface area contributed by atoms with Crippen molar-refractivity contribution >= 4 is 0 Å². The van der Waals surface area contributed by atoms with Crippen LogP contribution in [0.5, 0.6) is 0 Å². The van der Waals surface area contributed by atoms with Gasteiger partial charge in [0.15, 0.2) is 0 Å². The minimum atomic E-state index is -0.0112. The van der Waals surface area contributed by atoms with Crippen LogP contribution in [0.1, 0.15) is 59.8 Å². The predicted octanol–water partition coefficient (Wildman–Crippen LogP) is 3.11.